The Balaban J connectivity index is 1.84. The largest absolute Gasteiger partial charge is 0.355 e. The SMILES string of the molecule is CN=C(NCCNS(=O)(=O)c1cccnc1)N(C)Cc1cc(Cl)cn1C. The summed E-state index contributed by atoms with van der Waals surface area (Å²) in [5, 5.41) is 3.81. The van der Waals surface area contributed by atoms with E-state index in [1.165, 1.54) is 18.5 Å². The highest BCUT2D eigenvalue weighted by Gasteiger charge is 2.13. The van der Waals surface area contributed by atoms with Crippen molar-refractivity contribution >= 4 is 27.6 Å². The minimum atomic E-state index is -3.56. The molecule has 0 saturated heterocycles. The number of nitrogens with one attached hydrogen (secondary N) is 2. The molecular weight excluding hydrogens is 376 g/mol. The van der Waals surface area contributed by atoms with Gasteiger partial charge < -0.3 is 14.8 Å². The molecule has 0 unspecified atom stereocenters. The first-order chi connectivity index (χ1) is 12.3. The minimum absolute atomic E-state index is 0.141. The molecule has 8 nitrogen and oxygen atoms in total. The van der Waals surface area contributed by atoms with Crippen molar-refractivity contribution in [2.45, 2.75) is 11.4 Å². The fraction of sp³-hybridized carbons (Fsp3) is 0.375. The molecule has 26 heavy (non-hydrogen) atoms. The van der Waals surface area contributed by atoms with E-state index in [4.69, 9.17) is 11.6 Å². The maximum Gasteiger partial charge on any atom is 0.242 e. The van der Waals surface area contributed by atoms with Gasteiger partial charge in [0, 0.05) is 58.5 Å². The molecule has 2 aromatic rings. The molecule has 0 aliphatic heterocycles. The van der Waals surface area contributed by atoms with Gasteiger partial charge >= 0.3 is 0 Å². The van der Waals surface area contributed by atoms with Gasteiger partial charge in [0.15, 0.2) is 5.96 Å². The van der Waals surface area contributed by atoms with Gasteiger partial charge in [-0.3, -0.25) is 9.98 Å². The van der Waals surface area contributed by atoms with Crippen molar-refractivity contribution in [1.29, 1.82) is 0 Å². The van der Waals surface area contributed by atoms with E-state index in [1.54, 1.807) is 13.1 Å². The van der Waals surface area contributed by atoms with E-state index >= 15 is 0 Å². The summed E-state index contributed by atoms with van der Waals surface area (Å²) in [6.45, 7) is 1.23. The second-order valence-electron chi connectivity index (χ2n) is 5.68. The van der Waals surface area contributed by atoms with Crippen LogP contribution in [-0.4, -0.2) is 56.0 Å². The Kier molecular flexibility index (Phi) is 7.01. The molecule has 0 fully saturated rings. The highest BCUT2D eigenvalue weighted by Crippen LogP contribution is 2.14. The van der Waals surface area contributed by atoms with Crippen LogP contribution in [0.1, 0.15) is 5.69 Å². The molecule has 142 valence electrons. The predicted octanol–water partition coefficient (Wildman–Crippen LogP) is 1.06. The molecule has 0 amide bonds. The average Bonchev–Trinajstić information content (AvgIpc) is 2.92. The van der Waals surface area contributed by atoms with E-state index in [0.717, 1.165) is 5.69 Å². The zero-order valence-electron chi connectivity index (χ0n) is 15.0. The number of aromatic nitrogens is 2. The van der Waals surface area contributed by atoms with Crippen LogP contribution in [-0.2, 0) is 23.6 Å². The van der Waals surface area contributed by atoms with Crippen LogP contribution in [0.15, 0.2) is 46.7 Å². The number of hydrogen-bond acceptors (Lipinski definition) is 4. The van der Waals surface area contributed by atoms with Crippen LogP contribution in [0.25, 0.3) is 0 Å². The maximum atomic E-state index is 12.1. The lowest BCUT2D eigenvalue weighted by Crippen LogP contribution is -2.42. The summed E-state index contributed by atoms with van der Waals surface area (Å²) in [4.78, 5) is 10.1. The zero-order valence-corrected chi connectivity index (χ0v) is 16.5. The van der Waals surface area contributed by atoms with Crippen molar-refractivity contribution in [3.8, 4) is 0 Å². The number of rotatable bonds is 7. The Labute approximate surface area is 159 Å². The predicted molar refractivity (Wildman–Crippen MR) is 103 cm³/mol. The molecule has 0 bridgehead atoms. The van der Waals surface area contributed by atoms with E-state index in [0.29, 0.717) is 24.1 Å². The lowest BCUT2D eigenvalue weighted by Gasteiger charge is -2.22. The molecule has 0 radical (unpaired) electrons. The molecule has 0 spiro atoms. The van der Waals surface area contributed by atoms with Crippen LogP contribution in [0.2, 0.25) is 5.02 Å². The first-order valence-corrected chi connectivity index (χ1v) is 9.82. The van der Waals surface area contributed by atoms with Crippen molar-refractivity contribution in [2.75, 3.05) is 27.2 Å². The number of hydrogen-bond donors (Lipinski definition) is 2. The van der Waals surface area contributed by atoms with Crippen LogP contribution in [0.4, 0.5) is 0 Å². The monoisotopic (exact) mass is 398 g/mol. The highest BCUT2D eigenvalue weighted by molar-refractivity contribution is 7.89. The number of sulfonamides is 1. The van der Waals surface area contributed by atoms with Crippen LogP contribution in [0.3, 0.4) is 0 Å². The molecule has 2 rings (SSSR count). The Morgan fingerprint density at radius 1 is 1.42 bits per heavy atom. The Hall–Kier alpha value is -2.10. The summed E-state index contributed by atoms with van der Waals surface area (Å²) in [7, 11) is 1.94. The Morgan fingerprint density at radius 3 is 2.77 bits per heavy atom. The molecule has 2 heterocycles. The van der Waals surface area contributed by atoms with E-state index < -0.39 is 10.0 Å². The quantitative estimate of drug-likeness (QED) is 0.413. The van der Waals surface area contributed by atoms with E-state index in [9.17, 15) is 8.42 Å². The van der Waals surface area contributed by atoms with Crippen LogP contribution >= 0.6 is 11.6 Å². The van der Waals surface area contributed by atoms with Gasteiger partial charge in [0.25, 0.3) is 0 Å². The van der Waals surface area contributed by atoms with E-state index in [-0.39, 0.29) is 11.4 Å². The summed E-state index contributed by atoms with van der Waals surface area (Å²) in [6, 6.07) is 4.98. The average molecular weight is 399 g/mol. The number of pyridine rings is 1. The smallest absolute Gasteiger partial charge is 0.242 e. The van der Waals surface area contributed by atoms with Gasteiger partial charge in [0.05, 0.1) is 11.6 Å². The summed E-state index contributed by atoms with van der Waals surface area (Å²) in [5.41, 5.74) is 1.04. The van der Waals surface area contributed by atoms with Crippen LogP contribution < -0.4 is 10.0 Å². The second-order valence-corrected chi connectivity index (χ2v) is 7.88. The van der Waals surface area contributed by atoms with Crippen LogP contribution in [0, 0.1) is 0 Å². The fourth-order valence-electron chi connectivity index (χ4n) is 2.38. The number of guanidine groups is 1. The molecule has 0 aromatic carbocycles. The van der Waals surface area contributed by atoms with Gasteiger partial charge in [0.1, 0.15) is 4.90 Å². The first kappa shape index (κ1) is 20.2. The Morgan fingerprint density at radius 2 is 2.19 bits per heavy atom. The summed E-state index contributed by atoms with van der Waals surface area (Å²) < 4.78 is 28.7. The van der Waals surface area contributed by atoms with Crippen molar-refractivity contribution in [2.24, 2.45) is 12.0 Å². The lowest BCUT2D eigenvalue weighted by atomic mass is 10.4. The topological polar surface area (TPSA) is 91.6 Å². The number of aryl methyl sites for hydroxylation is 1. The van der Waals surface area contributed by atoms with Crippen molar-refractivity contribution in [1.82, 2.24) is 24.5 Å². The van der Waals surface area contributed by atoms with Gasteiger partial charge in [-0.2, -0.15) is 0 Å². The highest BCUT2D eigenvalue weighted by atomic mass is 35.5. The fourth-order valence-corrected chi connectivity index (χ4v) is 3.64. The standard InChI is InChI=1S/C16H23ClN6O2S/c1-18-16(23(3)12-14-9-13(17)11-22(14)2)20-7-8-21-26(24,25)15-5-4-6-19-10-15/h4-6,9-11,21H,7-8,12H2,1-3H3,(H,18,20). The minimum Gasteiger partial charge on any atom is -0.355 e. The molecule has 2 N–H and O–H groups in total. The van der Waals surface area contributed by atoms with Crippen molar-refractivity contribution in [3.63, 3.8) is 0 Å². The van der Waals surface area contributed by atoms with E-state index in [1.807, 2.05) is 35.8 Å². The van der Waals surface area contributed by atoms with Gasteiger partial charge in [-0.15, -0.1) is 0 Å². The van der Waals surface area contributed by atoms with E-state index in [2.05, 4.69) is 20.0 Å². The van der Waals surface area contributed by atoms with Crippen molar-refractivity contribution < 1.29 is 8.42 Å². The third-order valence-electron chi connectivity index (χ3n) is 3.69. The maximum absolute atomic E-state index is 12.1. The van der Waals surface area contributed by atoms with Crippen molar-refractivity contribution in [3.05, 3.63) is 47.5 Å². The first-order valence-electron chi connectivity index (χ1n) is 7.95. The molecule has 0 aliphatic carbocycles. The molecule has 0 atom stereocenters. The summed E-state index contributed by atoms with van der Waals surface area (Å²) in [5.74, 6) is 0.655. The van der Waals surface area contributed by atoms with Crippen LogP contribution in [0.5, 0.6) is 0 Å². The van der Waals surface area contributed by atoms with Gasteiger partial charge in [-0.05, 0) is 18.2 Å². The molecule has 10 heteroatoms. The van der Waals surface area contributed by atoms with Gasteiger partial charge in [0.2, 0.25) is 10.0 Å². The second kappa shape index (κ2) is 9.02. The third kappa shape index (κ3) is 5.45. The lowest BCUT2D eigenvalue weighted by molar-refractivity contribution is 0.462. The van der Waals surface area contributed by atoms with Gasteiger partial charge in [-0.1, -0.05) is 11.6 Å². The zero-order chi connectivity index (χ0) is 19.2. The molecular formula is C16H23ClN6O2S. The summed E-state index contributed by atoms with van der Waals surface area (Å²) >= 11 is 6.00. The third-order valence-corrected chi connectivity index (χ3v) is 5.34. The molecule has 0 saturated carbocycles. The molecule has 2 aromatic heterocycles. The number of halogens is 1. The molecule has 0 aliphatic rings. The normalized spacial score (nSPS) is 12.2. The Bertz CT molecular complexity index is 851. The number of aliphatic imine (C=N–C) groups is 1. The van der Waals surface area contributed by atoms with Gasteiger partial charge in [-0.25, -0.2) is 13.1 Å². The number of nitrogens with zero attached hydrogens (tertiary/aromatic N) is 4. The summed E-state index contributed by atoms with van der Waals surface area (Å²) in [6.07, 6.45) is 4.68.